The first-order chi connectivity index (χ1) is 11.5. The van der Waals surface area contributed by atoms with E-state index in [2.05, 4.69) is 4.57 Å². The first-order valence-corrected chi connectivity index (χ1v) is 7.64. The highest BCUT2D eigenvalue weighted by Crippen LogP contribution is 2.24. The van der Waals surface area contributed by atoms with E-state index < -0.39 is 5.97 Å². The van der Waals surface area contributed by atoms with Crippen LogP contribution in [0.4, 0.5) is 0 Å². The van der Waals surface area contributed by atoms with Crippen LogP contribution in [0, 0.1) is 25.2 Å². The fourth-order valence-electron chi connectivity index (χ4n) is 2.56. The molecule has 0 aliphatic rings. The predicted octanol–water partition coefficient (Wildman–Crippen LogP) is 3.57. The lowest BCUT2D eigenvalue weighted by atomic mass is 10.1. The van der Waals surface area contributed by atoms with E-state index in [-0.39, 0.29) is 12.2 Å². The van der Waals surface area contributed by atoms with Crippen molar-refractivity contribution in [1.29, 1.82) is 5.26 Å². The molecule has 1 aromatic carbocycles. The zero-order valence-electron chi connectivity index (χ0n) is 14.3. The number of nitriles is 1. The zero-order valence-corrected chi connectivity index (χ0v) is 14.3. The number of carbonyl (C=O) groups is 1. The van der Waals surface area contributed by atoms with Crippen molar-refractivity contribution in [3.63, 3.8) is 0 Å². The maximum Gasteiger partial charge on any atom is 0.348 e. The van der Waals surface area contributed by atoms with Gasteiger partial charge in [-0.2, -0.15) is 5.26 Å². The summed E-state index contributed by atoms with van der Waals surface area (Å²) >= 11 is 0. The Morgan fingerprint density at radius 2 is 1.96 bits per heavy atom. The number of benzene rings is 1. The van der Waals surface area contributed by atoms with Crippen molar-refractivity contribution in [1.82, 2.24) is 4.57 Å². The van der Waals surface area contributed by atoms with Crippen LogP contribution in [0.25, 0.3) is 11.8 Å². The van der Waals surface area contributed by atoms with Gasteiger partial charge in [-0.1, -0.05) is 0 Å². The van der Waals surface area contributed by atoms with Crippen molar-refractivity contribution in [2.75, 3.05) is 13.7 Å². The number of nitrogens with zero attached hydrogens (tertiary/aromatic N) is 2. The number of methoxy groups -OCH3 is 1. The van der Waals surface area contributed by atoms with Crippen LogP contribution in [0.5, 0.6) is 5.75 Å². The van der Waals surface area contributed by atoms with Gasteiger partial charge < -0.3 is 14.0 Å². The van der Waals surface area contributed by atoms with Crippen LogP contribution in [0.2, 0.25) is 0 Å². The number of esters is 1. The van der Waals surface area contributed by atoms with Crippen LogP contribution in [0.1, 0.15) is 23.9 Å². The van der Waals surface area contributed by atoms with E-state index in [9.17, 15) is 10.1 Å². The van der Waals surface area contributed by atoms with Gasteiger partial charge in [-0.15, -0.1) is 0 Å². The largest absolute Gasteiger partial charge is 0.497 e. The lowest BCUT2D eigenvalue weighted by Crippen LogP contribution is -2.06. The second-order valence-electron chi connectivity index (χ2n) is 5.25. The quantitative estimate of drug-likeness (QED) is 0.479. The summed E-state index contributed by atoms with van der Waals surface area (Å²) in [5, 5.41) is 9.19. The lowest BCUT2D eigenvalue weighted by molar-refractivity contribution is -0.137. The fraction of sp³-hybridized carbons (Fsp3) is 0.263. The average Bonchev–Trinajstić information content (AvgIpc) is 2.86. The van der Waals surface area contributed by atoms with Crippen LogP contribution < -0.4 is 4.74 Å². The maximum absolute atomic E-state index is 11.8. The van der Waals surface area contributed by atoms with Crippen molar-refractivity contribution in [2.24, 2.45) is 0 Å². The highest BCUT2D eigenvalue weighted by atomic mass is 16.5. The Balaban J connectivity index is 2.45. The van der Waals surface area contributed by atoms with E-state index in [1.165, 1.54) is 0 Å². The molecule has 0 spiro atoms. The van der Waals surface area contributed by atoms with Gasteiger partial charge in [0.2, 0.25) is 0 Å². The lowest BCUT2D eigenvalue weighted by Gasteiger charge is -2.10. The molecule has 0 bridgehead atoms. The van der Waals surface area contributed by atoms with Crippen molar-refractivity contribution in [2.45, 2.75) is 20.8 Å². The SMILES string of the molecule is CCOC(=O)C(C#N)=Cc1cc(C)n(-c2ccc(OC)cc2)c1C. The molecule has 0 aliphatic carbocycles. The van der Waals surface area contributed by atoms with E-state index >= 15 is 0 Å². The summed E-state index contributed by atoms with van der Waals surface area (Å²) in [4.78, 5) is 11.8. The Hall–Kier alpha value is -3.00. The van der Waals surface area contributed by atoms with Crippen molar-refractivity contribution in [3.8, 4) is 17.5 Å². The molecular formula is C19H20N2O3. The summed E-state index contributed by atoms with van der Waals surface area (Å²) in [5.74, 6) is 0.185. The molecule has 124 valence electrons. The minimum Gasteiger partial charge on any atom is -0.497 e. The van der Waals surface area contributed by atoms with Crippen LogP contribution >= 0.6 is 0 Å². The standard InChI is InChI=1S/C19H20N2O3/c1-5-24-19(22)16(12-20)11-15-10-13(2)21(14(15)3)17-6-8-18(23-4)9-7-17/h6-11H,5H2,1-4H3. The van der Waals surface area contributed by atoms with Crippen molar-refractivity contribution in [3.05, 3.63) is 52.9 Å². The third-order valence-corrected chi connectivity index (χ3v) is 3.72. The van der Waals surface area contributed by atoms with Crippen LogP contribution in [-0.2, 0) is 9.53 Å². The summed E-state index contributed by atoms with van der Waals surface area (Å²) < 4.78 is 12.1. The summed E-state index contributed by atoms with van der Waals surface area (Å²) in [5.41, 5.74) is 3.74. The monoisotopic (exact) mass is 324 g/mol. The van der Waals surface area contributed by atoms with E-state index in [1.807, 2.05) is 50.2 Å². The van der Waals surface area contributed by atoms with E-state index in [0.29, 0.717) is 0 Å². The molecule has 0 fully saturated rings. The van der Waals surface area contributed by atoms with E-state index in [1.54, 1.807) is 20.1 Å². The van der Waals surface area contributed by atoms with Crippen molar-refractivity contribution < 1.29 is 14.3 Å². The van der Waals surface area contributed by atoms with Gasteiger partial charge >= 0.3 is 5.97 Å². The third-order valence-electron chi connectivity index (χ3n) is 3.72. The average molecular weight is 324 g/mol. The molecule has 0 N–H and O–H groups in total. The first kappa shape index (κ1) is 17.4. The minimum absolute atomic E-state index is 0.00756. The molecule has 5 nitrogen and oxygen atoms in total. The number of ether oxygens (including phenoxy) is 2. The number of rotatable bonds is 5. The summed E-state index contributed by atoms with van der Waals surface area (Å²) in [6.07, 6.45) is 1.57. The molecule has 2 aromatic rings. The molecule has 0 aliphatic heterocycles. The summed E-state index contributed by atoms with van der Waals surface area (Å²) in [7, 11) is 1.63. The van der Waals surface area contributed by atoms with Gasteiger partial charge in [-0.05, 0) is 62.7 Å². The Kier molecular flexibility index (Phi) is 5.43. The van der Waals surface area contributed by atoms with Gasteiger partial charge in [0.25, 0.3) is 0 Å². The molecule has 1 aromatic heterocycles. The molecule has 0 radical (unpaired) electrons. The fourth-order valence-corrected chi connectivity index (χ4v) is 2.56. The molecule has 5 heteroatoms. The predicted molar refractivity (Wildman–Crippen MR) is 92.0 cm³/mol. The van der Waals surface area contributed by atoms with Crippen molar-refractivity contribution >= 4 is 12.0 Å². The van der Waals surface area contributed by atoms with Gasteiger partial charge in [0.1, 0.15) is 17.4 Å². The highest BCUT2D eigenvalue weighted by Gasteiger charge is 2.14. The molecule has 0 unspecified atom stereocenters. The van der Waals surface area contributed by atoms with E-state index in [0.717, 1.165) is 28.4 Å². The van der Waals surface area contributed by atoms with Gasteiger partial charge in [0.15, 0.2) is 0 Å². The number of carbonyl (C=O) groups excluding carboxylic acids is 1. The van der Waals surface area contributed by atoms with Gasteiger partial charge in [0.05, 0.1) is 13.7 Å². The zero-order chi connectivity index (χ0) is 17.7. The minimum atomic E-state index is -0.603. The summed E-state index contributed by atoms with van der Waals surface area (Å²) in [6.45, 7) is 5.87. The molecule has 0 atom stereocenters. The van der Waals surface area contributed by atoms with Gasteiger partial charge in [-0.3, -0.25) is 0 Å². The Labute approximate surface area is 141 Å². The number of hydrogen-bond acceptors (Lipinski definition) is 4. The first-order valence-electron chi connectivity index (χ1n) is 7.64. The van der Waals surface area contributed by atoms with Crippen LogP contribution in [-0.4, -0.2) is 24.3 Å². The number of aromatic nitrogens is 1. The number of hydrogen-bond donors (Lipinski definition) is 0. The Morgan fingerprint density at radius 3 is 2.50 bits per heavy atom. The normalized spacial score (nSPS) is 11.0. The molecular weight excluding hydrogens is 304 g/mol. The topological polar surface area (TPSA) is 64.2 Å². The molecule has 0 saturated heterocycles. The second kappa shape index (κ2) is 7.51. The smallest absolute Gasteiger partial charge is 0.348 e. The summed E-state index contributed by atoms with van der Waals surface area (Å²) in [6, 6.07) is 11.6. The molecule has 24 heavy (non-hydrogen) atoms. The van der Waals surface area contributed by atoms with E-state index in [4.69, 9.17) is 9.47 Å². The molecule has 1 heterocycles. The number of aryl methyl sites for hydroxylation is 1. The maximum atomic E-state index is 11.8. The third kappa shape index (κ3) is 3.49. The van der Waals surface area contributed by atoms with Crippen LogP contribution in [0.3, 0.4) is 0 Å². The Morgan fingerprint density at radius 1 is 1.29 bits per heavy atom. The molecule has 2 rings (SSSR count). The Bertz CT molecular complexity index is 808. The van der Waals surface area contributed by atoms with Gasteiger partial charge in [-0.25, -0.2) is 4.79 Å². The highest BCUT2D eigenvalue weighted by molar-refractivity contribution is 5.98. The molecule has 0 amide bonds. The van der Waals surface area contributed by atoms with Gasteiger partial charge in [0, 0.05) is 17.1 Å². The second-order valence-corrected chi connectivity index (χ2v) is 5.25. The molecule has 0 saturated carbocycles. The van der Waals surface area contributed by atoms with Crippen LogP contribution in [0.15, 0.2) is 35.9 Å².